The monoisotopic (exact) mass is 184 g/mol. The molecule has 3 heteroatoms. The molecular formula is C10H20N2O. The van der Waals surface area contributed by atoms with Crippen molar-refractivity contribution in [3.63, 3.8) is 0 Å². The van der Waals surface area contributed by atoms with Gasteiger partial charge in [0.15, 0.2) is 0 Å². The van der Waals surface area contributed by atoms with Crippen LogP contribution in [-0.4, -0.2) is 29.9 Å². The summed E-state index contributed by atoms with van der Waals surface area (Å²) < 4.78 is 0. The average Bonchev–Trinajstić information content (AvgIpc) is 2.50. The fraction of sp³-hybridized carbons (Fsp3) is 0.900. The molecule has 0 saturated carbocycles. The number of hydrogen-bond donors (Lipinski definition) is 1. The molecule has 0 aromatic heterocycles. The van der Waals surface area contributed by atoms with Crippen molar-refractivity contribution in [1.82, 2.24) is 4.90 Å². The van der Waals surface area contributed by atoms with Crippen molar-refractivity contribution in [2.24, 2.45) is 11.7 Å². The summed E-state index contributed by atoms with van der Waals surface area (Å²) in [7, 11) is 0. The molecule has 1 aliphatic rings. The van der Waals surface area contributed by atoms with Crippen LogP contribution in [0, 0.1) is 5.92 Å². The third-order valence-electron chi connectivity index (χ3n) is 2.98. The fourth-order valence-corrected chi connectivity index (χ4v) is 1.63. The molecule has 2 atom stereocenters. The predicted octanol–water partition coefficient (Wildman–Crippen LogP) is 0.982. The fourth-order valence-electron chi connectivity index (χ4n) is 1.63. The molecule has 0 aliphatic carbocycles. The van der Waals surface area contributed by atoms with Gasteiger partial charge in [0.1, 0.15) is 0 Å². The van der Waals surface area contributed by atoms with Crippen molar-refractivity contribution in [3.05, 3.63) is 0 Å². The van der Waals surface area contributed by atoms with Crippen LogP contribution < -0.4 is 5.73 Å². The van der Waals surface area contributed by atoms with Crippen LogP contribution in [0.1, 0.15) is 33.1 Å². The minimum Gasteiger partial charge on any atom is -0.341 e. The lowest BCUT2D eigenvalue weighted by Gasteiger charge is -2.24. The normalized spacial score (nSPS) is 22.1. The van der Waals surface area contributed by atoms with E-state index in [1.807, 2.05) is 4.90 Å². The molecule has 1 rings (SSSR count). The maximum atomic E-state index is 11.3. The Morgan fingerprint density at radius 1 is 1.62 bits per heavy atom. The van der Waals surface area contributed by atoms with Crippen molar-refractivity contribution >= 4 is 5.91 Å². The summed E-state index contributed by atoms with van der Waals surface area (Å²) in [6.07, 6.45) is 2.81. The zero-order valence-corrected chi connectivity index (χ0v) is 8.62. The zero-order valence-electron chi connectivity index (χ0n) is 8.62. The quantitative estimate of drug-likeness (QED) is 0.708. The van der Waals surface area contributed by atoms with E-state index in [2.05, 4.69) is 13.8 Å². The summed E-state index contributed by atoms with van der Waals surface area (Å²) >= 11 is 0. The number of nitrogens with zero attached hydrogens (tertiary/aromatic N) is 1. The second-order valence-electron chi connectivity index (χ2n) is 3.99. The molecule has 3 nitrogen and oxygen atoms in total. The molecule has 2 unspecified atom stereocenters. The molecule has 1 fully saturated rings. The van der Waals surface area contributed by atoms with Crippen LogP contribution in [0.25, 0.3) is 0 Å². The Labute approximate surface area is 80.3 Å². The maximum absolute atomic E-state index is 11.3. The zero-order chi connectivity index (χ0) is 9.84. The Bertz CT molecular complexity index is 182. The van der Waals surface area contributed by atoms with E-state index in [1.54, 1.807) is 0 Å². The van der Waals surface area contributed by atoms with Crippen molar-refractivity contribution in [2.75, 3.05) is 13.1 Å². The maximum Gasteiger partial charge on any atom is 0.222 e. The largest absolute Gasteiger partial charge is 0.341 e. The van der Waals surface area contributed by atoms with E-state index in [9.17, 15) is 4.79 Å². The van der Waals surface area contributed by atoms with Crippen LogP contribution >= 0.6 is 0 Å². The molecule has 0 aromatic rings. The first-order chi connectivity index (χ1) is 6.15. The number of likely N-dealkylation sites (tertiary alicyclic amines) is 1. The molecular weight excluding hydrogens is 164 g/mol. The van der Waals surface area contributed by atoms with E-state index in [0.29, 0.717) is 12.3 Å². The molecule has 13 heavy (non-hydrogen) atoms. The standard InChI is InChI=1S/C10H20N2O/c1-3-8(2)9(11)7-12-6-4-5-10(12)13/h8-9H,3-7,11H2,1-2H3. The number of carbonyl (C=O) groups is 1. The highest BCUT2D eigenvalue weighted by atomic mass is 16.2. The summed E-state index contributed by atoms with van der Waals surface area (Å²) in [5, 5.41) is 0. The number of amides is 1. The predicted molar refractivity (Wildman–Crippen MR) is 53.2 cm³/mol. The van der Waals surface area contributed by atoms with Gasteiger partial charge in [-0.25, -0.2) is 0 Å². The van der Waals surface area contributed by atoms with Gasteiger partial charge in [-0.15, -0.1) is 0 Å². The van der Waals surface area contributed by atoms with E-state index >= 15 is 0 Å². The van der Waals surface area contributed by atoms with E-state index in [1.165, 1.54) is 0 Å². The van der Waals surface area contributed by atoms with Crippen LogP contribution in [0.2, 0.25) is 0 Å². The lowest BCUT2D eigenvalue weighted by molar-refractivity contribution is -0.128. The smallest absolute Gasteiger partial charge is 0.222 e. The first kappa shape index (κ1) is 10.5. The van der Waals surface area contributed by atoms with E-state index in [4.69, 9.17) is 5.73 Å². The Balaban J connectivity index is 2.34. The van der Waals surface area contributed by atoms with Gasteiger partial charge in [-0.05, 0) is 12.3 Å². The summed E-state index contributed by atoms with van der Waals surface area (Å²) in [5.74, 6) is 0.784. The minimum absolute atomic E-state index is 0.145. The number of rotatable bonds is 4. The van der Waals surface area contributed by atoms with Gasteiger partial charge >= 0.3 is 0 Å². The second-order valence-corrected chi connectivity index (χ2v) is 3.99. The molecule has 1 saturated heterocycles. The van der Waals surface area contributed by atoms with Crippen LogP contribution in [-0.2, 0) is 4.79 Å². The first-order valence-electron chi connectivity index (χ1n) is 5.18. The molecule has 0 radical (unpaired) electrons. The Morgan fingerprint density at radius 3 is 2.77 bits per heavy atom. The van der Waals surface area contributed by atoms with Gasteiger partial charge in [-0.1, -0.05) is 20.3 Å². The molecule has 0 bridgehead atoms. The Kier molecular flexibility index (Phi) is 3.72. The summed E-state index contributed by atoms with van der Waals surface area (Å²) in [5.41, 5.74) is 5.98. The van der Waals surface area contributed by atoms with E-state index in [-0.39, 0.29) is 11.9 Å². The molecule has 1 amide bonds. The van der Waals surface area contributed by atoms with Gasteiger partial charge < -0.3 is 10.6 Å². The average molecular weight is 184 g/mol. The Hall–Kier alpha value is -0.570. The van der Waals surface area contributed by atoms with Gasteiger partial charge in [0.05, 0.1) is 0 Å². The topological polar surface area (TPSA) is 46.3 Å². The SMILES string of the molecule is CCC(C)C(N)CN1CCCC1=O. The lowest BCUT2D eigenvalue weighted by atomic mass is 10.00. The highest BCUT2D eigenvalue weighted by Gasteiger charge is 2.23. The van der Waals surface area contributed by atoms with E-state index < -0.39 is 0 Å². The highest BCUT2D eigenvalue weighted by Crippen LogP contribution is 2.13. The number of carbonyl (C=O) groups excluding carboxylic acids is 1. The van der Waals surface area contributed by atoms with Crippen LogP contribution in [0.4, 0.5) is 0 Å². The molecule has 2 N–H and O–H groups in total. The van der Waals surface area contributed by atoms with E-state index in [0.717, 1.165) is 25.9 Å². The van der Waals surface area contributed by atoms with Crippen molar-refractivity contribution in [1.29, 1.82) is 0 Å². The van der Waals surface area contributed by atoms with Gasteiger partial charge in [0.2, 0.25) is 5.91 Å². The van der Waals surface area contributed by atoms with Gasteiger partial charge in [0.25, 0.3) is 0 Å². The number of nitrogens with two attached hydrogens (primary N) is 1. The van der Waals surface area contributed by atoms with Crippen LogP contribution in [0.15, 0.2) is 0 Å². The summed E-state index contributed by atoms with van der Waals surface area (Å²) in [4.78, 5) is 13.2. The first-order valence-corrected chi connectivity index (χ1v) is 5.18. The van der Waals surface area contributed by atoms with Crippen molar-refractivity contribution in [3.8, 4) is 0 Å². The molecule has 76 valence electrons. The molecule has 0 aromatic carbocycles. The number of hydrogen-bond acceptors (Lipinski definition) is 2. The second kappa shape index (κ2) is 4.61. The lowest BCUT2D eigenvalue weighted by Crippen LogP contribution is -2.41. The summed E-state index contributed by atoms with van der Waals surface area (Å²) in [6.45, 7) is 5.93. The highest BCUT2D eigenvalue weighted by molar-refractivity contribution is 5.78. The van der Waals surface area contributed by atoms with Gasteiger partial charge in [0, 0.05) is 25.6 Å². The van der Waals surface area contributed by atoms with Crippen LogP contribution in [0.3, 0.4) is 0 Å². The molecule has 0 spiro atoms. The van der Waals surface area contributed by atoms with Gasteiger partial charge in [-0.3, -0.25) is 4.79 Å². The minimum atomic E-state index is 0.145. The van der Waals surface area contributed by atoms with Crippen molar-refractivity contribution < 1.29 is 4.79 Å². The third-order valence-corrected chi connectivity index (χ3v) is 2.98. The van der Waals surface area contributed by atoms with Gasteiger partial charge in [-0.2, -0.15) is 0 Å². The van der Waals surface area contributed by atoms with Crippen LogP contribution in [0.5, 0.6) is 0 Å². The van der Waals surface area contributed by atoms with Crippen molar-refractivity contribution in [2.45, 2.75) is 39.2 Å². The molecule has 1 aliphatic heterocycles. The third kappa shape index (κ3) is 2.69. The Morgan fingerprint density at radius 2 is 2.31 bits per heavy atom. The molecule has 1 heterocycles. The summed E-state index contributed by atoms with van der Waals surface area (Å²) in [6, 6.07) is 0.145.